The summed E-state index contributed by atoms with van der Waals surface area (Å²) >= 11 is 1.11. The zero-order chi connectivity index (χ0) is 23.8. The highest BCUT2D eigenvalue weighted by molar-refractivity contribution is 7.11. The summed E-state index contributed by atoms with van der Waals surface area (Å²) in [5.41, 5.74) is -0.101. The van der Waals surface area contributed by atoms with Crippen LogP contribution in [-0.4, -0.2) is 74.1 Å². The van der Waals surface area contributed by atoms with Crippen LogP contribution in [0.5, 0.6) is 0 Å². The molecule has 4 heterocycles. The van der Waals surface area contributed by atoms with Crippen LogP contribution in [-0.2, 0) is 9.57 Å². The average molecular weight is 473 g/mol. The monoisotopic (exact) mass is 472 g/mol. The first-order valence-electron chi connectivity index (χ1n) is 10.2. The standard InChI is InChI=1S/C21H24N6O5S/c1-5-9-31-27-15-11-14(12-24(13-15)19(27)29)25-8-6-16(23-25)26(20(30)32-21(2,3)4)18(28)17-22-7-10-33-17/h5-8,10-11,15H,1,9,12-13H2,2-4H3. The number of fused-ring (bicyclic) bond motifs is 2. The summed E-state index contributed by atoms with van der Waals surface area (Å²) < 4.78 is 6.97. The SMILES string of the molecule is C=CCON1C(=O)N2CC(n3ccc(N(C(=O)OC(C)(C)C)C(=O)c4nccs4)n3)=CC1C2. The first-order valence-corrected chi connectivity index (χ1v) is 11.1. The summed E-state index contributed by atoms with van der Waals surface area (Å²) in [5.74, 6) is -0.547. The van der Waals surface area contributed by atoms with E-state index in [2.05, 4.69) is 16.7 Å². The fraction of sp³-hybridized carbons (Fsp3) is 0.381. The molecule has 0 saturated carbocycles. The van der Waals surface area contributed by atoms with Crippen molar-refractivity contribution in [2.75, 3.05) is 24.6 Å². The number of amides is 4. The molecule has 1 saturated heterocycles. The third-order valence-corrected chi connectivity index (χ3v) is 5.49. The van der Waals surface area contributed by atoms with E-state index in [9.17, 15) is 14.4 Å². The van der Waals surface area contributed by atoms with Gasteiger partial charge in [0.15, 0.2) is 10.8 Å². The van der Waals surface area contributed by atoms with Crippen LogP contribution in [0.15, 0.2) is 42.6 Å². The Labute approximate surface area is 194 Å². The molecular formula is C21H24N6O5S. The number of aromatic nitrogens is 3. The first kappa shape index (κ1) is 22.7. The predicted octanol–water partition coefficient (Wildman–Crippen LogP) is 3.00. The highest BCUT2D eigenvalue weighted by atomic mass is 32.1. The lowest BCUT2D eigenvalue weighted by Crippen LogP contribution is -2.41. The number of carbonyl (C=O) groups is 3. The summed E-state index contributed by atoms with van der Waals surface area (Å²) in [6, 6.07) is 1.01. The number of anilines is 1. The van der Waals surface area contributed by atoms with E-state index in [-0.39, 0.29) is 29.5 Å². The van der Waals surface area contributed by atoms with Crippen molar-refractivity contribution in [1.82, 2.24) is 24.7 Å². The quantitative estimate of drug-likeness (QED) is 0.595. The molecule has 4 rings (SSSR count). The molecule has 0 aromatic carbocycles. The van der Waals surface area contributed by atoms with Crippen molar-refractivity contribution < 1.29 is 24.0 Å². The van der Waals surface area contributed by atoms with E-state index in [4.69, 9.17) is 9.57 Å². The van der Waals surface area contributed by atoms with E-state index in [1.54, 1.807) is 43.3 Å². The maximum absolute atomic E-state index is 13.0. The number of nitrogens with zero attached hydrogens (tertiary/aromatic N) is 6. The van der Waals surface area contributed by atoms with Gasteiger partial charge in [0.1, 0.15) is 5.60 Å². The zero-order valence-electron chi connectivity index (χ0n) is 18.5. The topological polar surface area (TPSA) is 110 Å². The molecule has 1 atom stereocenters. The van der Waals surface area contributed by atoms with Crippen molar-refractivity contribution in [3.8, 4) is 0 Å². The van der Waals surface area contributed by atoms with Crippen LogP contribution < -0.4 is 4.90 Å². The van der Waals surface area contributed by atoms with Crippen molar-refractivity contribution in [3.63, 3.8) is 0 Å². The van der Waals surface area contributed by atoms with Crippen molar-refractivity contribution >= 4 is 40.9 Å². The van der Waals surface area contributed by atoms with Gasteiger partial charge in [-0.3, -0.25) is 9.63 Å². The number of hydrogen-bond acceptors (Lipinski definition) is 8. The van der Waals surface area contributed by atoms with Gasteiger partial charge in [0, 0.05) is 30.4 Å². The molecule has 0 radical (unpaired) electrons. The van der Waals surface area contributed by atoms with Crippen LogP contribution in [0, 0.1) is 0 Å². The lowest BCUT2D eigenvalue weighted by atomic mass is 10.2. The second kappa shape index (κ2) is 8.79. The average Bonchev–Trinajstić information content (AvgIpc) is 3.48. The van der Waals surface area contributed by atoms with Crippen molar-refractivity contribution in [1.29, 1.82) is 0 Å². The Kier molecular flexibility index (Phi) is 6.04. The number of imide groups is 1. The molecule has 4 amide bonds. The highest BCUT2D eigenvalue weighted by Gasteiger charge is 2.41. The van der Waals surface area contributed by atoms with Crippen LogP contribution in [0.2, 0.25) is 0 Å². The molecule has 1 fully saturated rings. The Hall–Kier alpha value is -3.51. The number of thiazole rings is 1. The van der Waals surface area contributed by atoms with E-state index >= 15 is 0 Å². The molecule has 2 bridgehead atoms. The molecule has 1 unspecified atom stereocenters. The van der Waals surface area contributed by atoms with Crippen molar-refractivity contribution in [2.24, 2.45) is 0 Å². The molecule has 174 valence electrons. The lowest BCUT2D eigenvalue weighted by Gasteiger charge is -2.24. The first-order chi connectivity index (χ1) is 15.7. The maximum atomic E-state index is 13.0. The normalized spacial score (nSPS) is 17.7. The molecule has 11 nitrogen and oxygen atoms in total. The number of hydroxylamine groups is 2. The molecule has 33 heavy (non-hydrogen) atoms. The van der Waals surface area contributed by atoms with E-state index in [1.165, 1.54) is 22.0 Å². The minimum atomic E-state index is -0.853. The lowest BCUT2D eigenvalue weighted by molar-refractivity contribution is -0.107. The van der Waals surface area contributed by atoms with Gasteiger partial charge in [0.25, 0.3) is 5.91 Å². The summed E-state index contributed by atoms with van der Waals surface area (Å²) in [6.45, 7) is 9.76. The smallest absolute Gasteiger partial charge is 0.423 e. The zero-order valence-corrected chi connectivity index (χ0v) is 19.3. The van der Waals surface area contributed by atoms with Gasteiger partial charge in [-0.25, -0.2) is 19.3 Å². The van der Waals surface area contributed by atoms with E-state index in [0.29, 0.717) is 18.8 Å². The molecule has 0 aliphatic carbocycles. The summed E-state index contributed by atoms with van der Waals surface area (Å²) in [7, 11) is 0. The van der Waals surface area contributed by atoms with Crippen LogP contribution >= 0.6 is 11.3 Å². The summed E-state index contributed by atoms with van der Waals surface area (Å²) in [5, 5.41) is 7.54. The Morgan fingerprint density at radius 3 is 2.85 bits per heavy atom. The van der Waals surface area contributed by atoms with E-state index < -0.39 is 17.6 Å². The molecular weight excluding hydrogens is 448 g/mol. The predicted molar refractivity (Wildman–Crippen MR) is 120 cm³/mol. The fourth-order valence-electron chi connectivity index (χ4n) is 3.42. The summed E-state index contributed by atoms with van der Waals surface area (Å²) in [4.78, 5) is 50.5. The van der Waals surface area contributed by atoms with Crippen LogP contribution in [0.4, 0.5) is 15.4 Å². The molecule has 2 aromatic rings. The Morgan fingerprint density at radius 1 is 1.39 bits per heavy atom. The number of carbonyl (C=O) groups excluding carboxylic acids is 3. The molecule has 0 spiro atoms. The molecule has 0 N–H and O–H groups in total. The van der Waals surface area contributed by atoms with Gasteiger partial charge in [-0.05, 0) is 26.8 Å². The second-order valence-electron chi connectivity index (χ2n) is 8.38. The highest BCUT2D eigenvalue weighted by Crippen LogP contribution is 2.28. The minimum Gasteiger partial charge on any atom is -0.443 e. The van der Waals surface area contributed by atoms with Gasteiger partial charge in [0.05, 0.1) is 24.9 Å². The van der Waals surface area contributed by atoms with Gasteiger partial charge in [0.2, 0.25) is 0 Å². The third-order valence-electron chi connectivity index (χ3n) is 4.73. The van der Waals surface area contributed by atoms with Gasteiger partial charge in [-0.1, -0.05) is 6.08 Å². The van der Waals surface area contributed by atoms with Gasteiger partial charge < -0.3 is 9.64 Å². The van der Waals surface area contributed by atoms with E-state index in [0.717, 1.165) is 16.2 Å². The van der Waals surface area contributed by atoms with Crippen LogP contribution in [0.3, 0.4) is 0 Å². The second-order valence-corrected chi connectivity index (χ2v) is 9.27. The number of ether oxygens (including phenoxy) is 1. The Morgan fingerprint density at radius 2 is 2.18 bits per heavy atom. The summed E-state index contributed by atoms with van der Waals surface area (Å²) in [6.07, 6.45) is 5.70. The minimum absolute atomic E-state index is 0.0874. The van der Waals surface area contributed by atoms with E-state index in [1.807, 2.05) is 6.08 Å². The van der Waals surface area contributed by atoms with Gasteiger partial charge in [-0.15, -0.1) is 23.0 Å². The molecule has 2 aromatic heterocycles. The van der Waals surface area contributed by atoms with Gasteiger partial charge >= 0.3 is 12.1 Å². The van der Waals surface area contributed by atoms with Crippen molar-refractivity contribution in [3.05, 3.63) is 47.6 Å². The Bertz CT molecular complexity index is 1100. The fourth-order valence-corrected chi connectivity index (χ4v) is 3.99. The van der Waals surface area contributed by atoms with Crippen LogP contribution in [0.25, 0.3) is 5.70 Å². The third kappa shape index (κ3) is 4.66. The van der Waals surface area contributed by atoms with Crippen molar-refractivity contribution in [2.45, 2.75) is 32.4 Å². The Balaban J connectivity index is 1.62. The molecule has 2 aliphatic rings. The largest absolute Gasteiger partial charge is 0.443 e. The number of hydrogen-bond donors (Lipinski definition) is 0. The molecule has 2 aliphatic heterocycles. The number of rotatable bonds is 6. The van der Waals surface area contributed by atoms with Gasteiger partial charge in [-0.2, -0.15) is 9.96 Å². The van der Waals surface area contributed by atoms with Crippen LogP contribution in [0.1, 0.15) is 30.6 Å². The molecule has 12 heteroatoms. The number of urea groups is 1. The maximum Gasteiger partial charge on any atom is 0.423 e.